The van der Waals surface area contributed by atoms with Gasteiger partial charge in [-0.1, -0.05) is 6.58 Å². The Hall–Kier alpha value is -0.280. The first kappa shape index (κ1) is 6.83. The van der Waals surface area contributed by atoms with Crippen LogP contribution in [0.5, 0.6) is 0 Å². The van der Waals surface area contributed by atoms with E-state index in [-0.39, 0.29) is 11.2 Å². The Balaban J connectivity index is 2.25. The summed E-state index contributed by atoms with van der Waals surface area (Å²) < 4.78 is 4.88. The van der Waals surface area contributed by atoms with E-state index in [1.807, 2.05) is 0 Å². The molecular formula is C6H8O2S. The Morgan fingerprint density at radius 3 is 2.78 bits per heavy atom. The molecule has 0 aliphatic carbocycles. The summed E-state index contributed by atoms with van der Waals surface area (Å²) in [6.45, 7) is 4.29. The molecule has 0 bridgehead atoms. The minimum absolute atomic E-state index is 0.231. The summed E-state index contributed by atoms with van der Waals surface area (Å²) >= 11 is 3.60. The van der Waals surface area contributed by atoms with E-state index in [4.69, 9.17) is 4.74 Å². The van der Waals surface area contributed by atoms with Crippen LogP contribution in [0.3, 0.4) is 0 Å². The average molecular weight is 144 g/mol. The van der Waals surface area contributed by atoms with Crippen molar-refractivity contribution < 1.29 is 9.53 Å². The monoisotopic (exact) mass is 144 g/mol. The van der Waals surface area contributed by atoms with E-state index >= 15 is 0 Å². The lowest BCUT2D eigenvalue weighted by Gasteiger charge is -1.92. The molecule has 1 rings (SSSR count). The summed E-state index contributed by atoms with van der Waals surface area (Å²) in [5.74, 6) is 0. The summed E-state index contributed by atoms with van der Waals surface area (Å²) in [5, 5.41) is -0.231. The van der Waals surface area contributed by atoms with Gasteiger partial charge in [0, 0.05) is 12.0 Å². The van der Waals surface area contributed by atoms with Crippen LogP contribution in [0.15, 0.2) is 12.2 Å². The fourth-order valence-electron chi connectivity index (χ4n) is 0.548. The minimum atomic E-state index is -0.231. The van der Waals surface area contributed by atoms with Crippen LogP contribution in [-0.2, 0) is 9.53 Å². The molecule has 0 amide bonds. The third kappa shape index (κ3) is 2.20. The third-order valence-electron chi connectivity index (χ3n) is 1.18. The molecule has 0 radical (unpaired) electrons. The maximum atomic E-state index is 10.4. The molecule has 1 aliphatic rings. The van der Waals surface area contributed by atoms with Gasteiger partial charge in [0.2, 0.25) is 5.12 Å². The van der Waals surface area contributed by atoms with Crippen molar-refractivity contribution in [1.82, 2.24) is 0 Å². The Bertz CT molecular complexity index is 149. The highest BCUT2D eigenvalue weighted by molar-refractivity contribution is 7.97. The molecule has 2 nitrogen and oxygen atoms in total. The fraction of sp³-hybridized carbons (Fsp3) is 0.500. The Morgan fingerprint density at radius 2 is 2.44 bits per heavy atom. The number of hydrogen-bond donors (Lipinski definition) is 1. The van der Waals surface area contributed by atoms with Crippen LogP contribution in [0, 0.1) is 0 Å². The molecule has 1 aliphatic heterocycles. The largest absolute Gasteiger partial charge is 0.373 e. The van der Waals surface area contributed by atoms with Crippen molar-refractivity contribution >= 4 is 17.7 Å². The van der Waals surface area contributed by atoms with Gasteiger partial charge in [-0.25, -0.2) is 0 Å². The van der Waals surface area contributed by atoms with Crippen molar-refractivity contribution in [3.8, 4) is 0 Å². The molecule has 50 valence electrons. The van der Waals surface area contributed by atoms with E-state index in [2.05, 4.69) is 19.2 Å². The predicted octanol–water partition coefficient (Wildman–Crippen LogP) is 0.788. The van der Waals surface area contributed by atoms with Crippen LogP contribution in [0.1, 0.15) is 6.42 Å². The zero-order chi connectivity index (χ0) is 6.85. The normalized spacial score (nSPS) is 23.4. The molecule has 1 unspecified atom stereocenters. The zero-order valence-electron chi connectivity index (χ0n) is 4.96. The van der Waals surface area contributed by atoms with Crippen molar-refractivity contribution in [3.05, 3.63) is 12.2 Å². The van der Waals surface area contributed by atoms with Gasteiger partial charge < -0.3 is 4.74 Å². The van der Waals surface area contributed by atoms with Crippen molar-refractivity contribution in [2.24, 2.45) is 0 Å². The van der Waals surface area contributed by atoms with Crippen molar-refractivity contribution in [2.45, 2.75) is 12.5 Å². The van der Waals surface area contributed by atoms with Gasteiger partial charge in [-0.05, 0) is 0 Å². The van der Waals surface area contributed by atoms with Crippen molar-refractivity contribution in [3.63, 3.8) is 0 Å². The number of thiol groups is 1. The first-order valence-corrected chi connectivity index (χ1v) is 3.17. The van der Waals surface area contributed by atoms with E-state index in [1.54, 1.807) is 0 Å². The molecular weight excluding hydrogens is 136 g/mol. The summed E-state index contributed by atoms with van der Waals surface area (Å²) in [5.41, 5.74) is 0.542. The maximum absolute atomic E-state index is 10.4. The smallest absolute Gasteiger partial charge is 0.211 e. The average Bonchev–Trinajstić information content (AvgIpc) is 2.50. The Labute approximate surface area is 59.3 Å². The molecule has 1 fully saturated rings. The molecule has 1 atom stereocenters. The lowest BCUT2D eigenvalue weighted by atomic mass is 10.2. The quantitative estimate of drug-likeness (QED) is 0.360. The van der Waals surface area contributed by atoms with E-state index in [9.17, 15) is 4.79 Å². The highest BCUT2D eigenvalue weighted by Crippen LogP contribution is 2.18. The molecule has 0 spiro atoms. The topological polar surface area (TPSA) is 29.6 Å². The van der Waals surface area contributed by atoms with Crippen LogP contribution >= 0.6 is 12.6 Å². The molecule has 0 N–H and O–H groups in total. The van der Waals surface area contributed by atoms with Crippen LogP contribution in [-0.4, -0.2) is 17.8 Å². The highest BCUT2D eigenvalue weighted by atomic mass is 32.1. The molecule has 0 aromatic heterocycles. The van der Waals surface area contributed by atoms with E-state index < -0.39 is 0 Å². The molecule has 1 heterocycles. The van der Waals surface area contributed by atoms with E-state index in [0.29, 0.717) is 12.0 Å². The van der Waals surface area contributed by atoms with Gasteiger partial charge in [0.15, 0.2) is 0 Å². The number of hydrogen-bond acceptors (Lipinski definition) is 2. The minimum Gasteiger partial charge on any atom is -0.373 e. The number of carbonyl (C=O) groups excluding carboxylic acids is 1. The lowest BCUT2D eigenvalue weighted by Crippen LogP contribution is -1.95. The van der Waals surface area contributed by atoms with Gasteiger partial charge in [-0.15, -0.1) is 12.6 Å². The van der Waals surface area contributed by atoms with E-state index in [1.165, 1.54) is 0 Å². The standard InChI is InChI=1S/C6H8O2S/c1-4(6(7)9)2-5-3-8-5/h5H,1-3H2,(H,7,9). The summed E-state index contributed by atoms with van der Waals surface area (Å²) in [6, 6.07) is 0. The van der Waals surface area contributed by atoms with Crippen molar-refractivity contribution in [1.29, 1.82) is 0 Å². The van der Waals surface area contributed by atoms with Crippen LogP contribution < -0.4 is 0 Å². The first-order chi connectivity index (χ1) is 4.20. The van der Waals surface area contributed by atoms with Gasteiger partial charge in [0.1, 0.15) is 0 Å². The van der Waals surface area contributed by atoms with Crippen LogP contribution in [0.25, 0.3) is 0 Å². The SMILES string of the molecule is C=C(CC1CO1)C(=O)S. The molecule has 0 aromatic carbocycles. The number of carbonyl (C=O) groups is 1. The highest BCUT2D eigenvalue weighted by Gasteiger charge is 2.24. The van der Waals surface area contributed by atoms with Gasteiger partial charge in [-0.3, -0.25) is 4.79 Å². The molecule has 1 saturated heterocycles. The number of rotatable bonds is 3. The third-order valence-corrected chi connectivity index (χ3v) is 1.50. The fourth-order valence-corrected chi connectivity index (χ4v) is 0.639. The van der Waals surface area contributed by atoms with Gasteiger partial charge in [0.05, 0.1) is 12.7 Å². The molecule has 0 aromatic rings. The van der Waals surface area contributed by atoms with Crippen LogP contribution in [0.4, 0.5) is 0 Å². The Kier molecular flexibility index (Phi) is 1.93. The number of ether oxygens (including phenoxy) is 1. The maximum Gasteiger partial charge on any atom is 0.211 e. The van der Waals surface area contributed by atoms with Gasteiger partial charge in [-0.2, -0.15) is 0 Å². The lowest BCUT2D eigenvalue weighted by molar-refractivity contribution is -0.107. The molecule has 9 heavy (non-hydrogen) atoms. The van der Waals surface area contributed by atoms with Gasteiger partial charge >= 0.3 is 0 Å². The zero-order valence-corrected chi connectivity index (χ0v) is 5.86. The summed E-state index contributed by atoms with van der Waals surface area (Å²) in [6.07, 6.45) is 0.885. The summed E-state index contributed by atoms with van der Waals surface area (Å²) in [7, 11) is 0. The molecule has 0 saturated carbocycles. The second kappa shape index (κ2) is 2.54. The second-order valence-electron chi connectivity index (χ2n) is 2.07. The van der Waals surface area contributed by atoms with E-state index in [0.717, 1.165) is 6.61 Å². The van der Waals surface area contributed by atoms with Crippen molar-refractivity contribution in [2.75, 3.05) is 6.61 Å². The summed E-state index contributed by atoms with van der Waals surface area (Å²) in [4.78, 5) is 10.4. The number of epoxide rings is 1. The van der Waals surface area contributed by atoms with Gasteiger partial charge in [0.25, 0.3) is 0 Å². The predicted molar refractivity (Wildman–Crippen MR) is 37.5 cm³/mol. The Morgan fingerprint density at radius 1 is 1.89 bits per heavy atom. The molecule has 3 heteroatoms. The second-order valence-corrected chi connectivity index (χ2v) is 2.47. The van der Waals surface area contributed by atoms with Crippen LogP contribution in [0.2, 0.25) is 0 Å². The first-order valence-electron chi connectivity index (χ1n) is 2.73.